The fourth-order valence-corrected chi connectivity index (χ4v) is 0.640. The summed E-state index contributed by atoms with van der Waals surface area (Å²) in [5, 5.41) is 26.3. The molecule has 0 radical (unpaired) electrons. The average Bonchev–Trinajstić information content (AvgIpc) is 1.80. The fraction of sp³-hybridized carbons (Fsp3) is 0.333. The standard InChI is InChI=1S/C6H8O3/c7-4-1-2-5(8)6(9)3-4/h1-3,5-9H/t5-,6+/m1/s1. The lowest BCUT2D eigenvalue weighted by molar-refractivity contribution is 0.0760. The van der Waals surface area contributed by atoms with E-state index in [4.69, 9.17) is 15.3 Å². The quantitative estimate of drug-likeness (QED) is 0.420. The molecule has 0 aromatic carbocycles. The molecule has 0 fully saturated rings. The molecule has 9 heavy (non-hydrogen) atoms. The zero-order valence-electron chi connectivity index (χ0n) is 4.73. The first kappa shape index (κ1) is 6.32. The molecule has 0 saturated carbocycles. The van der Waals surface area contributed by atoms with Gasteiger partial charge in [-0.1, -0.05) is 0 Å². The van der Waals surface area contributed by atoms with Crippen molar-refractivity contribution < 1.29 is 15.3 Å². The van der Waals surface area contributed by atoms with Gasteiger partial charge in [0, 0.05) is 0 Å². The molecule has 0 aromatic rings. The second kappa shape index (κ2) is 2.21. The van der Waals surface area contributed by atoms with Crippen LogP contribution in [0.1, 0.15) is 0 Å². The van der Waals surface area contributed by atoms with Crippen molar-refractivity contribution in [2.45, 2.75) is 12.2 Å². The summed E-state index contributed by atoms with van der Waals surface area (Å²) in [7, 11) is 0. The monoisotopic (exact) mass is 128 g/mol. The Morgan fingerprint density at radius 2 is 1.89 bits per heavy atom. The number of aliphatic hydroxyl groups is 3. The Hall–Kier alpha value is -0.800. The van der Waals surface area contributed by atoms with Gasteiger partial charge in [0.1, 0.15) is 18.0 Å². The SMILES string of the molecule is OC1=C[C@H](O)[C@H](O)C=C1. The van der Waals surface area contributed by atoms with Crippen LogP contribution in [0.2, 0.25) is 0 Å². The van der Waals surface area contributed by atoms with Crippen molar-refractivity contribution in [3.8, 4) is 0 Å². The van der Waals surface area contributed by atoms with Gasteiger partial charge in [-0.05, 0) is 18.2 Å². The van der Waals surface area contributed by atoms with Gasteiger partial charge in [0.2, 0.25) is 0 Å². The van der Waals surface area contributed by atoms with Crippen molar-refractivity contribution >= 4 is 0 Å². The van der Waals surface area contributed by atoms with Crippen molar-refractivity contribution in [3.05, 3.63) is 24.0 Å². The predicted molar refractivity (Wildman–Crippen MR) is 31.9 cm³/mol. The van der Waals surface area contributed by atoms with Crippen molar-refractivity contribution in [2.75, 3.05) is 0 Å². The Morgan fingerprint density at radius 1 is 1.22 bits per heavy atom. The number of rotatable bonds is 0. The second-order valence-electron chi connectivity index (χ2n) is 1.93. The van der Waals surface area contributed by atoms with Gasteiger partial charge < -0.3 is 15.3 Å². The van der Waals surface area contributed by atoms with Gasteiger partial charge in [-0.25, -0.2) is 0 Å². The molecule has 3 heteroatoms. The molecule has 0 amide bonds. The molecule has 0 spiro atoms. The van der Waals surface area contributed by atoms with Gasteiger partial charge in [-0.15, -0.1) is 0 Å². The summed E-state index contributed by atoms with van der Waals surface area (Å²) in [6.07, 6.45) is 2.03. The summed E-state index contributed by atoms with van der Waals surface area (Å²) < 4.78 is 0. The Labute approximate surface area is 52.6 Å². The van der Waals surface area contributed by atoms with E-state index in [0.717, 1.165) is 0 Å². The van der Waals surface area contributed by atoms with E-state index in [9.17, 15) is 0 Å². The molecule has 50 valence electrons. The summed E-state index contributed by atoms with van der Waals surface area (Å²) in [5.74, 6) is -0.00667. The molecule has 0 aromatic heterocycles. The first-order valence-electron chi connectivity index (χ1n) is 2.65. The Balaban J connectivity index is 2.70. The first-order valence-corrected chi connectivity index (χ1v) is 2.65. The zero-order chi connectivity index (χ0) is 6.85. The molecule has 3 nitrogen and oxygen atoms in total. The minimum atomic E-state index is -0.963. The summed E-state index contributed by atoms with van der Waals surface area (Å²) in [4.78, 5) is 0. The lowest BCUT2D eigenvalue weighted by Crippen LogP contribution is -2.23. The smallest absolute Gasteiger partial charge is 0.114 e. The molecule has 1 aliphatic rings. The highest BCUT2D eigenvalue weighted by atomic mass is 16.3. The third-order valence-corrected chi connectivity index (χ3v) is 1.16. The zero-order valence-corrected chi connectivity index (χ0v) is 4.73. The van der Waals surface area contributed by atoms with E-state index < -0.39 is 12.2 Å². The van der Waals surface area contributed by atoms with E-state index in [0.29, 0.717) is 0 Å². The highest BCUT2D eigenvalue weighted by Gasteiger charge is 2.14. The van der Waals surface area contributed by atoms with E-state index in [2.05, 4.69) is 0 Å². The fourth-order valence-electron chi connectivity index (χ4n) is 0.640. The van der Waals surface area contributed by atoms with Crippen LogP contribution in [-0.4, -0.2) is 27.5 Å². The first-order chi connectivity index (χ1) is 4.20. The van der Waals surface area contributed by atoms with Crippen LogP contribution in [0, 0.1) is 0 Å². The summed E-state index contributed by atoms with van der Waals surface area (Å²) in [6, 6.07) is 0. The average molecular weight is 128 g/mol. The van der Waals surface area contributed by atoms with Gasteiger partial charge in [-0.3, -0.25) is 0 Å². The van der Waals surface area contributed by atoms with Crippen LogP contribution in [0.25, 0.3) is 0 Å². The largest absolute Gasteiger partial charge is 0.508 e. The van der Waals surface area contributed by atoms with Crippen LogP contribution in [-0.2, 0) is 0 Å². The van der Waals surface area contributed by atoms with Crippen LogP contribution >= 0.6 is 0 Å². The number of hydrogen-bond donors (Lipinski definition) is 3. The Bertz CT molecular complexity index is 160. The second-order valence-corrected chi connectivity index (χ2v) is 1.93. The molecule has 0 saturated heterocycles. The molecule has 1 aliphatic carbocycles. The molecule has 2 atom stereocenters. The van der Waals surface area contributed by atoms with Crippen molar-refractivity contribution in [1.82, 2.24) is 0 Å². The van der Waals surface area contributed by atoms with Crippen molar-refractivity contribution in [1.29, 1.82) is 0 Å². The van der Waals surface area contributed by atoms with Crippen molar-refractivity contribution in [3.63, 3.8) is 0 Å². The molecule has 0 unspecified atom stereocenters. The van der Waals surface area contributed by atoms with Gasteiger partial charge >= 0.3 is 0 Å². The maximum atomic E-state index is 8.81. The van der Waals surface area contributed by atoms with E-state index in [1.807, 2.05) is 0 Å². The van der Waals surface area contributed by atoms with Gasteiger partial charge in [0.05, 0.1) is 0 Å². The highest BCUT2D eigenvalue weighted by molar-refractivity contribution is 5.20. The van der Waals surface area contributed by atoms with Crippen LogP contribution in [0.15, 0.2) is 24.0 Å². The summed E-state index contributed by atoms with van der Waals surface area (Å²) >= 11 is 0. The summed E-state index contributed by atoms with van der Waals surface area (Å²) in [6.45, 7) is 0. The maximum absolute atomic E-state index is 8.81. The van der Waals surface area contributed by atoms with E-state index in [1.54, 1.807) is 0 Å². The molecule has 0 aliphatic heterocycles. The van der Waals surface area contributed by atoms with Crippen molar-refractivity contribution in [2.24, 2.45) is 0 Å². The third kappa shape index (κ3) is 1.31. The number of hydrogen-bond acceptors (Lipinski definition) is 3. The lowest BCUT2D eigenvalue weighted by atomic mass is 10.1. The molecule has 3 N–H and O–H groups in total. The van der Waals surface area contributed by atoms with E-state index in [1.165, 1.54) is 18.2 Å². The Kier molecular flexibility index (Phi) is 1.55. The number of allylic oxidation sites excluding steroid dienone is 1. The minimum Gasteiger partial charge on any atom is -0.508 e. The topological polar surface area (TPSA) is 60.7 Å². The molecule has 0 bridgehead atoms. The predicted octanol–water partition coefficient (Wildman–Crippen LogP) is -0.280. The van der Waals surface area contributed by atoms with Gasteiger partial charge in [-0.2, -0.15) is 0 Å². The number of aliphatic hydroxyl groups excluding tert-OH is 3. The highest BCUT2D eigenvalue weighted by Crippen LogP contribution is 2.07. The Morgan fingerprint density at radius 3 is 2.33 bits per heavy atom. The maximum Gasteiger partial charge on any atom is 0.114 e. The summed E-state index contributed by atoms with van der Waals surface area (Å²) in [5.41, 5.74) is 0. The van der Waals surface area contributed by atoms with Crippen LogP contribution in [0.4, 0.5) is 0 Å². The minimum absolute atomic E-state index is 0.00667. The third-order valence-electron chi connectivity index (χ3n) is 1.16. The van der Waals surface area contributed by atoms with E-state index in [-0.39, 0.29) is 5.76 Å². The molecular formula is C6H8O3. The molecule has 0 heterocycles. The normalized spacial score (nSPS) is 34.2. The lowest BCUT2D eigenvalue weighted by Gasteiger charge is -2.13. The van der Waals surface area contributed by atoms with Crippen LogP contribution in [0.3, 0.4) is 0 Å². The van der Waals surface area contributed by atoms with Crippen LogP contribution in [0.5, 0.6) is 0 Å². The van der Waals surface area contributed by atoms with Crippen LogP contribution < -0.4 is 0 Å². The van der Waals surface area contributed by atoms with E-state index >= 15 is 0 Å². The van der Waals surface area contributed by atoms with Gasteiger partial charge in [0.15, 0.2) is 0 Å². The molecular weight excluding hydrogens is 120 g/mol. The van der Waals surface area contributed by atoms with Gasteiger partial charge in [0.25, 0.3) is 0 Å². The molecule has 1 rings (SSSR count).